The first-order valence-electron chi connectivity index (χ1n) is 7.17. The summed E-state index contributed by atoms with van der Waals surface area (Å²) < 4.78 is 5.31. The molecule has 0 radical (unpaired) electrons. The zero-order valence-corrected chi connectivity index (χ0v) is 11.8. The smallest absolute Gasteiger partial charge is 0.227 e. The summed E-state index contributed by atoms with van der Waals surface area (Å²) in [5.74, 6) is 0.995. The van der Waals surface area contributed by atoms with Crippen LogP contribution in [0.1, 0.15) is 43.7 Å². The molecule has 1 fully saturated rings. The number of aryl methyl sites for hydroxylation is 2. The van der Waals surface area contributed by atoms with E-state index >= 15 is 0 Å². The van der Waals surface area contributed by atoms with Gasteiger partial charge in [-0.15, -0.1) is 0 Å². The molecule has 1 amide bonds. The van der Waals surface area contributed by atoms with Crippen molar-refractivity contribution < 1.29 is 9.32 Å². The molecule has 0 aromatic carbocycles. The van der Waals surface area contributed by atoms with E-state index < -0.39 is 0 Å². The van der Waals surface area contributed by atoms with Crippen LogP contribution in [0.5, 0.6) is 0 Å². The van der Waals surface area contributed by atoms with E-state index in [1.807, 2.05) is 18.7 Å². The number of aromatic nitrogens is 1. The van der Waals surface area contributed by atoms with Gasteiger partial charge in [-0.05, 0) is 19.3 Å². The number of carbonyl (C=O) groups is 1. The molecule has 106 valence electrons. The summed E-state index contributed by atoms with van der Waals surface area (Å²) in [5, 5.41) is 4.05. The number of nitrogens with zero attached hydrogens (tertiary/aromatic N) is 2. The van der Waals surface area contributed by atoms with Crippen molar-refractivity contribution in [3.05, 3.63) is 17.0 Å². The largest absolute Gasteiger partial charge is 0.361 e. The summed E-state index contributed by atoms with van der Waals surface area (Å²) in [6.45, 7) is 5.43. The summed E-state index contributed by atoms with van der Waals surface area (Å²) >= 11 is 0. The van der Waals surface area contributed by atoms with Crippen molar-refractivity contribution >= 4 is 5.91 Å². The zero-order chi connectivity index (χ0) is 13.8. The molecule has 2 N–H and O–H groups in total. The first-order valence-corrected chi connectivity index (χ1v) is 7.17. The zero-order valence-electron chi connectivity index (χ0n) is 11.8. The Balaban J connectivity index is 2.12. The highest BCUT2D eigenvalue weighted by atomic mass is 16.5. The average Bonchev–Trinajstić information content (AvgIpc) is 3.04. The van der Waals surface area contributed by atoms with Gasteiger partial charge in [0.2, 0.25) is 5.91 Å². The quantitative estimate of drug-likeness (QED) is 0.870. The minimum Gasteiger partial charge on any atom is -0.361 e. The molecule has 1 unspecified atom stereocenters. The first-order chi connectivity index (χ1) is 9.21. The fourth-order valence-corrected chi connectivity index (χ4v) is 2.80. The molecule has 2 rings (SSSR count). The lowest BCUT2D eigenvalue weighted by atomic mass is 10.1. The van der Waals surface area contributed by atoms with Gasteiger partial charge in [0.25, 0.3) is 0 Å². The Bertz CT molecular complexity index is 420. The molecule has 1 aliphatic rings. The van der Waals surface area contributed by atoms with E-state index in [0.29, 0.717) is 13.0 Å². The molecule has 2 heterocycles. The van der Waals surface area contributed by atoms with Crippen LogP contribution in [0.3, 0.4) is 0 Å². The van der Waals surface area contributed by atoms with Crippen LogP contribution in [-0.4, -0.2) is 35.1 Å². The molecule has 1 atom stereocenters. The molecule has 1 aromatic rings. The Kier molecular flexibility index (Phi) is 4.58. The van der Waals surface area contributed by atoms with Gasteiger partial charge >= 0.3 is 0 Å². The molecule has 5 heteroatoms. The summed E-state index contributed by atoms with van der Waals surface area (Å²) in [6.07, 6.45) is 4.04. The summed E-state index contributed by atoms with van der Waals surface area (Å²) in [6, 6.07) is 0.211. The highest BCUT2D eigenvalue weighted by Gasteiger charge is 2.29. The maximum Gasteiger partial charge on any atom is 0.227 e. The van der Waals surface area contributed by atoms with Gasteiger partial charge in [-0.2, -0.15) is 0 Å². The molecule has 19 heavy (non-hydrogen) atoms. The van der Waals surface area contributed by atoms with Crippen molar-refractivity contribution in [1.82, 2.24) is 10.1 Å². The topological polar surface area (TPSA) is 72.4 Å². The second kappa shape index (κ2) is 6.19. The van der Waals surface area contributed by atoms with E-state index in [1.165, 1.54) is 0 Å². The van der Waals surface area contributed by atoms with Crippen molar-refractivity contribution in [2.45, 2.75) is 52.0 Å². The first kappa shape index (κ1) is 14.1. The summed E-state index contributed by atoms with van der Waals surface area (Å²) in [4.78, 5) is 14.3. The van der Waals surface area contributed by atoms with Crippen LogP contribution in [0.15, 0.2) is 4.52 Å². The Morgan fingerprint density at radius 2 is 2.26 bits per heavy atom. The van der Waals surface area contributed by atoms with Crippen LogP contribution in [0.25, 0.3) is 0 Å². The maximum atomic E-state index is 12.4. The second-order valence-corrected chi connectivity index (χ2v) is 5.03. The fraction of sp³-hybridized carbons (Fsp3) is 0.714. The van der Waals surface area contributed by atoms with Crippen molar-refractivity contribution in [2.75, 3.05) is 13.1 Å². The summed E-state index contributed by atoms with van der Waals surface area (Å²) in [5.41, 5.74) is 7.62. The number of hydrogen-bond donors (Lipinski definition) is 1. The Morgan fingerprint density at radius 1 is 1.47 bits per heavy atom. The molecule has 5 nitrogen and oxygen atoms in total. The van der Waals surface area contributed by atoms with Crippen LogP contribution in [0.4, 0.5) is 0 Å². The highest BCUT2D eigenvalue weighted by Crippen LogP contribution is 2.21. The van der Waals surface area contributed by atoms with Crippen LogP contribution in [0, 0.1) is 0 Å². The Labute approximate surface area is 114 Å². The van der Waals surface area contributed by atoms with E-state index in [2.05, 4.69) is 5.16 Å². The van der Waals surface area contributed by atoms with Gasteiger partial charge in [0, 0.05) is 31.1 Å². The van der Waals surface area contributed by atoms with Crippen molar-refractivity contribution in [3.8, 4) is 0 Å². The molecular weight excluding hydrogens is 242 g/mol. The van der Waals surface area contributed by atoms with E-state index in [0.717, 1.165) is 49.2 Å². The predicted octanol–water partition coefficient (Wildman–Crippen LogP) is 1.29. The lowest BCUT2D eigenvalue weighted by Gasteiger charge is -2.23. The van der Waals surface area contributed by atoms with Gasteiger partial charge in [-0.3, -0.25) is 4.79 Å². The van der Waals surface area contributed by atoms with Gasteiger partial charge in [0.05, 0.1) is 12.1 Å². The van der Waals surface area contributed by atoms with E-state index in [1.54, 1.807) is 0 Å². The predicted molar refractivity (Wildman–Crippen MR) is 72.8 cm³/mol. The normalized spacial score (nSPS) is 19.1. The van der Waals surface area contributed by atoms with Crippen LogP contribution < -0.4 is 5.73 Å². The van der Waals surface area contributed by atoms with Crippen LogP contribution >= 0.6 is 0 Å². The lowest BCUT2D eigenvalue weighted by Crippen LogP contribution is -2.40. The third-order valence-corrected chi connectivity index (χ3v) is 3.90. The van der Waals surface area contributed by atoms with Crippen LogP contribution in [-0.2, 0) is 24.1 Å². The van der Waals surface area contributed by atoms with Crippen molar-refractivity contribution in [1.29, 1.82) is 0 Å². The lowest BCUT2D eigenvalue weighted by molar-refractivity contribution is -0.131. The fourth-order valence-electron chi connectivity index (χ4n) is 2.80. The Hall–Kier alpha value is -1.36. The van der Waals surface area contributed by atoms with Gasteiger partial charge < -0.3 is 15.2 Å². The highest BCUT2D eigenvalue weighted by molar-refractivity contribution is 5.79. The van der Waals surface area contributed by atoms with Gasteiger partial charge in [0.1, 0.15) is 5.76 Å². The Morgan fingerprint density at radius 3 is 2.89 bits per heavy atom. The SMILES string of the molecule is CCc1noc(CC)c1CC(=O)N1CCCC1CN. The molecule has 0 saturated carbocycles. The molecule has 1 aliphatic heterocycles. The molecular formula is C14H23N3O2. The minimum atomic E-state index is 0.153. The molecule has 0 spiro atoms. The molecule has 0 bridgehead atoms. The number of carbonyl (C=O) groups excluding carboxylic acids is 1. The average molecular weight is 265 g/mol. The third kappa shape index (κ3) is 2.81. The minimum absolute atomic E-state index is 0.153. The third-order valence-electron chi connectivity index (χ3n) is 3.90. The number of rotatable bonds is 5. The number of likely N-dealkylation sites (tertiary alicyclic amines) is 1. The second-order valence-electron chi connectivity index (χ2n) is 5.03. The molecule has 0 aliphatic carbocycles. The summed E-state index contributed by atoms with van der Waals surface area (Å²) in [7, 11) is 0. The molecule has 1 saturated heterocycles. The number of hydrogen-bond acceptors (Lipinski definition) is 4. The number of nitrogens with two attached hydrogens (primary N) is 1. The standard InChI is InChI=1S/C14H23N3O2/c1-3-12-11(13(4-2)19-16-12)8-14(18)17-7-5-6-10(17)9-15/h10H,3-9,15H2,1-2H3. The van der Waals surface area contributed by atoms with Gasteiger partial charge in [-0.1, -0.05) is 19.0 Å². The van der Waals surface area contributed by atoms with E-state index in [9.17, 15) is 4.79 Å². The monoisotopic (exact) mass is 265 g/mol. The number of amides is 1. The van der Waals surface area contributed by atoms with Gasteiger partial charge in [0.15, 0.2) is 0 Å². The molecule has 1 aromatic heterocycles. The van der Waals surface area contributed by atoms with Gasteiger partial charge in [-0.25, -0.2) is 0 Å². The van der Waals surface area contributed by atoms with Crippen molar-refractivity contribution in [2.24, 2.45) is 5.73 Å². The van der Waals surface area contributed by atoms with E-state index in [-0.39, 0.29) is 11.9 Å². The van der Waals surface area contributed by atoms with Crippen LogP contribution in [0.2, 0.25) is 0 Å². The van der Waals surface area contributed by atoms with Crippen molar-refractivity contribution in [3.63, 3.8) is 0 Å². The maximum absolute atomic E-state index is 12.4. The van der Waals surface area contributed by atoms with E-state index in [4.69, 9.17) is 10.3 Å².